The molecular weight excluding hydrogens is 395 g/mol. The lowest BCUT2D eigenvalue weighted by atomic mass is 10.1. The van der Waals surface area contributed by atoms with Crippen LogP contribution in [0.3, 0.4) is 0 Å². The number of nitrogens with one attached hydrogen (secondary N) is 1. The number of carbonyl (C=O) groups excluding carboxylic acids is 4. The van der Waals surface area contributed by atoms with E-state index in [0.717, 1.165) is 11.8 Å². The van der Waals surface area contributed by atoms with Gasteiger partial charge in [0.1, 0.15) is 17.5 Å². The van der Waals surface area contributed by atoms with Crippen LogP contribution in [0.1, 0.15) is 13.8 Å². The molecule has 3 amide bonds. The second-order valence-electron chi connectivity index (χ2n) is 5.30. The molecule has 2 aliphatic rings. The van der Waals surface area contributed by atoms with Crippen molar-refractivity contribution in [3.8, 4) is 0 Å². The summed E-state index contributed by atoms with van der Waals surface area (Å²) >= 11 is 3.07. The first-order valence-corrected chi connectivity index (χ1v) is 7.98. The number of hydrogen-bond acceptors (Lipinski definition) is 7. The zero-order chi connectivity index (χ0) is 18.0. The Kier molecular flexibility index (Phi) is 5.75. The average molecular weight is 411 g/mol. The molecule has 0 spiro atoms. The number of alkyl halides is 2. The minimum atomic E-state index is -1.87. The minimum Gasteiger partial charge on any atom is -0.463 e. The van der Waals surface area contributed by atoms with Crippen LogP contribution >= 0.6 is 15.9 Å². The van der Waals surface area contributed by atoms with Gasteiger partial charge in [0.25, 0.3) is 0 Å². The first-order chi connectivity index (χ1) is 11.2. The van der Waals surface area contributed by atoms with Gasteiger partial charge in [-0.25, -0.2) is 9.18 Å². The summed E-state index contributed by atoms with van der Waals surface area (Å²) in [5.41, 5.74) is 0. The normalized spacial score (nSPS) is 33.2. The fourth-order valence-corrected chi connectivity index (χ4v) is 2.85. The predicted molar refractivity (Wildman–Crippen MR) is 78.7 cm³/mol. The molecule has 0 aromatic heterocycles. The third-order valence-corrected chi connectivity index (χ3v) is 4.16. The topological polar surface area (TPSA) is 111 Å². The number of ether oxygens (including phenoxy) is 3. The Bertz CT molecular complexity index is 560. The number of imide groups is 1. The Morgan fingerprint density at radius 1 is 1.38 bits per heavy atom. The highest BCUT2D eigenvalue weighted by molar-refractivity contribution is 9.10. The van der Waals surface area contributed by atoms with Crippen molar-refractivity contribution in [3.05, 3.63) is 0 Å². The van der Waals surface area contributed by atoms with E-state index in [1.165, 1.54) is 6.92 Å². The van der Waals surface area contributed by atoms with Crippen molar-refractivity contribution in [3.63, 3.8) is 0 Å². The molecule has 1 N–H and O–H groups in total. The van der Waals surface area contributed by atoms with Gasteiger partial charge in [-0.15, -0.1) is 0 Å². The lowest BCUT2D eigenvalue weighted by Crippen LogP contribution is -2.60. The molecule has 0 aromatic rings. The van der Waals surface area contributed by atoms with E-state index in [2.05, 4.69) is 21.2 Å². The predicted octanol–water partition coefficient (Wildman–Crippen LogP) is -0.141. The molecule has 9 nitrogen and oxygen atoms in total. The fourth-order valence-electron chi connectivity index (χ4n) is 2.42. The van der Waals surface area contributed by atoms with Gasteiger partial charge in [0.2, 0.25) is 5.91 Å². The van der Waals surface area contributed by atoms with E-state index in [1.807, 2.05) is 0 Å². The number of halogens is 2. The summed E-state index contributed by atoms with van der Waals surface area (Å²) in [6, 6.07) is -0.821. The third kappa shape index (κ3) is 4.01. The fraction of sp³-hybridized carbons (Fsp3) is 0.692. The molecule has 11 heteroatoms. The van der Waals surface area contributed by atoms with Crippen molar-refractivity contribution < 1.29 is 37.8 Å². The summed E-state index contributed by atoms with van der Waals surface area (Å²) < 4.78 is 29.8. The molecule has 5 atom stereocenters. The quantitative estimate of drug-likeness (QED) is 0.506. The van der Waals surface area contributed by atoms with E-state index in [0.29, 0.717) is 0 Å². The standard InChI is InChI=1S/C13H16BrFN2O7/c1-5(18)22-4-8-10(23-6(2)19)9(15)12(24-8)17-3-7(14)11(20)16-13(17)21/h7-10,12H,3-4H2,1-2H3,(H,16,20,21)/t7?,8-,9-,10-,12-/m1/s1. The molecule has 2 saturated heterocycles. The van der Waals surface area contributed by atoms with E-state index in [-0.39, 0.29) is 13.2 Å². The smallest absolute Gasteiger partial charge is 0.326 e. The molecule has 0 aliphatic carbocycles. The first kappa shape index (κ1) is 18.6. The van der Waals surface area contributed by atoms with Crippen LogP contribution in [0, 0.1) is 0 Å². The second kappa shape index (κ2) is 7.43. The Morgan fingerprint density at radius 2 is 2.04 bits per heavy atom. The van der Waals surface area contributed by atoms with Gasteiger partial charge in [-0.3, -0.25) is 24.6 Å². The van der Waals surface area contributed by atoms with Crippen molar-refractivity contribution in [2.45, 2.75) is 43.3 Å². The van der Waals surface area contributed by atoms with Gasteiger partial charge in [-0.2, -0.15) is 0 Å². The lowest BCUT2D eigenvalue weighted by molar-refractivity contribution is -0.157. The molecule has 24 heavy (non-hydrogen) atoms. The second-order valence-corrected chi connectivity index (χ2v) is 6.41. The van der Waals surface area contributed by atoms with E-state index >= 15 is 0 Å². The van der Waals surface area contributed by atoms with Crippen LogP contribution in [0.5, 0.6) is 0 Å². The van der Waals surface area contributed by atoms with Crippen LogP contribution in [0.15, 0.2) is 0 Å². The molecule has 0 aromatic carbocycles. The van der Waals surface area contributed by atoms with Gasteiger partial charge < -0.3 is 14.2 Å². The number of amides is 3. The Morgan fingerprint density at radius 3 is 2.62 bits per heavy atom. The van der Waals surface area contributed by atoms with Gasteiger partial charge in [0.15, 0.2) is 18.5 Å². The van der Waals surface area contributed by atoms with Gasteiger partial charge in [0, 0.05) is 20.4 Å². The Balaban J connectivity index is 2.15. The van der Waals surface area contributed by atoms with Gasteiger partial charge in [0.05, 0.1) is 0 Å². The molecule has 0 saturated carbocycles. The molecular formula is C13H16BrFN2O7. The molecule has 2 rings (SSSR count). The minimum absolute atomic E-state index is 0.122. The summed E-state index contributed by atoms with van der Waals surface area (Å²) in [7, 11) is 0. The van der Waals surface area contributed by atoms with Gasteiger partial charge in [-0.1, -0.05) is 15.9 Å². The van der Waals surface area contributed by atoms with Crippen LogP contribution in [0.25, 0.3) is 0 Å². The van der Waals surface area contributed by atoms with Crippen molar-refractivity contribution in [2.75, 3.05) is 13.2 Å². The molecule has 1 unspecified atom stereocenters. The molecule has 0 bridgehead atoms. The summed E-state index contributed by atoms with van der Waals surface area (Å²) in [4.78, 5) is 45.7. The van der Waals surface area contributed by atoms with Crippen LogP contribution in [-0.4, -0.2) is 71.4 Å². The number of hydrogen-bond donors (Lipinski definition) is 1. The molecule has 2 fully saturated rings. The molecule has 0 radical (unpaired) electrons. The zero-order valence-corrected chi connectivity index (χ0v) is 14.4. The summed E-state index contributed by atoms with van der Waals surface area (Å²) in [5, 5.41) is 2.06. The van der Waals surface area contributed by atoms with E-state index in [9.17, 15) is 23.6 Å². The largest absolute Gasteiger partial charge is 0.463 e. The van der Waals surface area contributed by atoms with E-state index in [4.69, 9.17) is 14.2 Å². The monoisotopic (exact) mass is 410 g/mol. The average Bonchev–Trinajstić information content (AvgIpc) is 2.77. The number of carbonyl (C=O) groups is 4. The summed E-state index contributed by atoms with van der Waals surface area (Å²) in [6.07, 6.45) is -5.67. The van der Waals surface area contributed by atoms with Crippen LogP contribution in [0.4, 0.5) is 9.18 Å². The zero-order valence-electron chi connectivity index (χ0n) is 12.9. The summed E-state index contributed by atoms with van der Waals surface area (Å²) in [6.45, 7) is 1.81. The maximum atomic E-state index is 14.7. The van der Waals surface area contributed by atoms with Crippen LogP contribution in [0.2, 0.25) is 0 Å². The summed E-state index contributed by atoms with van der Waals surface area (Å²) in [5.74, 6) is -1.89. The van der Waals surface area contributed by atoms with Gasteiger partial charge in [-0.05, 0) is 0 Å². The SMILES string of the molecule is CC(=O)OC[C@H]1O[C@@H](N2CC(Br)C(=O)NC2=O)[C@H](F)[C@@H]1OC(C)=O. The van der Waals surface area contributed by atoms with E-state index in [1.54, 1.807) is 0 Å². The number of rotatable bonds is 4. The van der Waals surface area contributed by atoms with Crippen LogP contribution in [-0.2, 0) is 28.6 Å². The number of urea groups is 1. The van der Waals surface area contributed by atoms with Crippen molar-refractivity contribution in [1.82, 2.24) is 10.2 Å². The molecule has 2 aliphatic heterocycles. The highest BCUT2D eigenvalue weighted by atomic mass is 79.9. The Hall–Kier alpha value is -1.75. The van der Waals surface area contributed by atoms with E-state index < -0.39 is 53.3 Å². The highest BCUT2D eigenvalue weighted by Crippen LogP contribution is 2.31. The third-order valence-electron chi connectivity index (χ3n) is 3.46. The van der Waals surface area contributed by atoms with Crippen LogP contribution < -0.4 is 5.32 Å². The number of nitrogens with zero attached hydrogens (tertiary/aromatic N) is 1. The maximum Gasteiger partial charge on any atom is 0.326 e. The maximum absolute atomic E-state index is 14.7. The van der Waals surface area contributed by atoms with Crippen molar-refractivity contribution in [2.24, 2.45) is 0 Å². The highest BCUT2D eigenvalue weighted by Gasteiger charge is 2.52. The van der Waals surface area contributed by atoms with Gasteiger partial charge >= 0.3 is 18.0 Å². The number of esters is 2. The Labute approximate surface area is 144 Å². The molecule has 2 heterocycles. The van der Waals surface area contributed by atoms with Crippen molar-refractivity contribution >= 4 is 39.8 Å². The lowest BCUT2D eigenvalue weighted by Gasteiger charge is -2.34. The molecule has 134 valence electrons. The first-order valence-electron chi connectivity index (χ1n) is 7.06. The van der Waals surface area contributed by atoms with Crippen molar-refractivity contribution in [1.29, 1.82) is 0 Å².